The van der Waals surface area contributed by atoms with Crippen LogP contribution in [0.5, 0.6) is 0 Å². The summed E-state index contributed by atoms with van der Waals surface area (Å²) in [6, 6.07) is 27.7. The number of hydrogen-bond donors (Lipinski definition) is 1. The Morgan fingerprint density at radius 1 is 0.640 bits per heavy atom. The van der Waals surface area contributed by atoms with Crippen LogP contribution in [0.1, 0.15) is 16.7 Å². The van der Waals surface area contributed by atoms with Crippen LogP contribution in [0.25, 0.3) is 0 Å². The normalized spacial score (nSPS) is 12.1. The molecule has 0 spiro atoms. The number of halogens is 2. The van der Waals surface area contributed by atoms with E-state index >= 15 is 0 Å². The third-order valence-corrected chi connectivity index (χ3v) is 5.47. The summed E-state index contributed by atoms with van der Waals surface area (Å²) < 4.78 is 27.7. The van der Waals surface area contributed by atoms with E-state index in [4.69, 9.17) is 0 Å². The van der Waals surface area contributed by atoms with Crippen LogP contribution in [0.4, 0.5) is 8.78 Å². The molecule has 0 amide bonds. The van der Waals surface area contributed by atoms with E-state index in [1.54, 1.807) is 0 Å². The molecule has 0 fully saturated rings. The lowest BCUT2D eigenvalue weighted by molar-refractivity contribution is 0.0353. The van der Waals surface area contributed by atoms with Crippen molar-refractivity contribution in [1.82, 2.24) is 0 Å². The fraction of sp³-hybridized carbons (Fsp3) is 0.143. The molecular weight excluding hydrogens is 338 g/mol. The van der Waals surface area contributed by atoms with Gasteiger partial charge in [-0.3, -0.25) is 0 Å². The second kappa shape index (κ2) is 7.38. The summed E-state index contributed by atoms with van der Waals surface area (Å²) in [5.74, 6) is 0. The van der Waals surface area contributed by atoms with Crippen LogP contribution in [0.3, 0.4) is 0 Å². The average Bonchev–Trinajstić information content (AvgIpc) is 2.68. The topological polar surface area (TPSA) is 20.2 Å². The van der Waals surface area contributed by atoms with E-state index in [-0.39, 0.29) is 0 Å². The average molecular weight is 356 g/mol. The molecule has 0 saturated carbocycles. The second-order valence-corrected chi connectivity index (χ2v) is 7.09. The summed E-state index contributed by atoms with van der Waals surface area (Å²) in [7, 11) is 0. The molecule has 3 aromatic carbocycles. The zero-order valence-corrected chi connectivity index (χ0v) is 14.3. The molecule has 0 aliphatic heterocycles. The number of aliphatic hydroxyl groups excluding tert-OH is 1. The number of rotatable bonds is 6. The first-order chi connectivity index (χ1) is 12.1. The van der Waals surface area contributed by atoms with Gasteiger partial charge in [0, 0.05) is 0 Å². The third-order valence-electron chi connectivity index (χ3n) is 4.03. The van der Waals surface area contributed by atoms with Gasteiger partial charge in [0.1, 0.15) is 6.61 Å². The Kier molecular flexibility index (Phi) is 5.21. The van der Waals surface area contributed by atoms with Crippen LogP contribution in [0.15, 0.2) is 91.0 Å². The van der Waals surface area contributed by atoms with Gasteiger partial charge in [0.15, 0.2) is 0 Å². The summed E-state index contributed by atoms with van der Waals surface area (Å²) in [5, 5.41) is 5.94. The number of alkyl halides is 2. The Labute approximate surface area is 150 Å². The van der Waals surface area contributed by atoms with Crippen molar-refractivity contribution in [2.45, 2.75) is 10.0 Å². The first-order valence-corrected chi connectivity index (χ1v) is 8.75. The van der Waals surface area contributed by atoms with Gasteiger partial charge in [0.2, 0.25) is 0 Å². The van der Waals surface area contributed by atoms with Crippen molar-refractivity contribution < 1.29 is 13.9 Å². The lowest BCUT2D eigenvalue weighted by Gasteiger charge is -2.37. The SMILES string of the molecule is OCC(F)(F)SC(c1ccccc1)(c1ccccc1)c1ccccc1. The molecular formula is C21H18F2OS. The Balaban J connectivity index is 2.32. The second-order valence-electron chi connectivity index (χ2n) is 5.68. The van der Waals surface area contributed by atoms with Crippen LogP contribution in [-0.4, -0.2) is 17.0 Å². The minimum atomic E-state index is -3.29. The Bertz CT molecular complexity index is 695. The lowest BCUT2D eigenvalue weighted by Crippen LogP contribution is -2.32. The molecule has 1 nitrogen and oxygen atoms in total. The highest BCUT2D eigenvalue weighted by Crippen LogP contribution is 2.54. The number of benzene rings is 3. The maximum atomic E-state index is 14.4. The van der Waals surface area contributed by atoms with E-state index in [1.165, 1.54) is 0 Å². The summed E-state index contributed by atoms with van der Waals surface area (Å²) in [6.07, 6.45) is 0. The largest absolute Gasteiger partial charge is 0.389 e. The first kappa shape index (κ1) is 17.6. The standard InChI is InChI=1S/C21H18F2OS/c22-20(23,16-24)25-21(17-10-4-1-5-11-17,18-12-6-2-7-13-18)19-14-8-3-9-15-19/h1-15,24H,16H2. The molecule has 3 rings (SSSR count). The minimum Gasteiger partial charge on any atom is -0.389 e. The van der Waals surface area contributed by atoms with E-state index in [9.17, 15) is 13.9 Å². The molecule has 4 heteroatoms. The summed E-state index contributed by atoms with van der Waals surface area (Å²) in [5.41, 5.74) is 2.22. The quantitative estimate of drug-likeness (QED) is 0.605. The molecule has 0 bridgehead atoms. The molecule has 0 heterocycles. The highest BCUT2D eigenvalue weighted by atomic mass is 32.2. The number of hydrogen-bond acceptors (Lipinski definition) is 2. The van der Waals surface area contributed by atoms with Gasteiger partial charge >= 0.3 is 5.25 Å². The van der Waals surface area contributed by atoms with Crippen LogP contribution in [0.2, 0.25) is 0 Å². The summed E-state index contributed by atoms with van der Waals surface area (Å²) in [4.78, 5) is 0. The Morgan fingerprint density at radius 2 is 0.960 bits per heavy atom. The molecule has 128 valence electrons. The number of thioether (sulfide) groups is 1. The monoisotopic (exact) mass is 356 g/mol. The Morgan fingerprint density at radius 3 is 1.24 bits per heavy atom. The predicted octanol–water partition coefficient (Wildman–Crippen LogP) is 5.30. The molecule has 3 aromatic rings. The maximum Gasteiger partial charge on any atom is 0.317 e. The van der Waals surface area contributed by atoms with Gasteiger partial charge in [-0.1, -0.05) is 103 Å². The highest BCUT2D eigenvalue weighted by molar-refractivity contribution is 8.01. The van der Waals surface area contributed by atoms with Crippen molar-refractivity contribution in [2.75, 3.05) is 6.61 Å². The molecule has 0 radical (unpaired) electrons. The smallest absolute Gasteiger partial charge is 0.317 e. The molecule has 0 unspecified atom stereocenters. The van der Waals surface area contributed by atoms with Gasteiger partial charge in [0.25, 0.3) is 0 Å². The van der Waals surface area contributed by atoms with Crippen molar-refractivity contribution in [3.63, 3.8) is 0 Å². The number of aliphatic hydroxyl groups is 1. The molecule has 0 aromatic heterocycles. The third kappa shape index (κ3) is 3.60. The molecule has 25 heavy (non-hydrogen) atoms. The van der Waals surface area contributed by atoms with Crippen LogP contribution < -0.4 is 0 Å². The van der Waals surface area contributed by atoms with Crippen LogP contribution in [-0.2, 0) is 4.75 Å². The zero-order valence-electron chi connectivity index (χ0n) is 13.5. The van der Waals surface area contributed by atoms with Gasteiger partial charge in [-0.2, -0.15) is 8.78 Å². The van der Waals surface area contributed by atoms with Crippen molar-refractivity contribution in [3.05, 3.63) is 108 Å². The van der Waals surface area contributed by atoms with Gasteiger partial charge in [0.05, 0.1) is 4.75 Å². The summed E-state index contributed by atoms with van der Waals surface area (Å²) >= 11 is 0.470. The predicted molar refractivity (Wildman–Crippen MR) is 98.8 cm³/mol. The van der Waals surface area contributed by atoms with Crippen LogP contribution in [0, 0.1) is 0 Å². The molecule has 0 atom stereocenters. The van der Waals surface area contributed by atoms with Gasteiger partial charge < -0.3 is 5.11 Å². The van der Waals surface area contributed by atoms with Gasteiger partial charge in [-0.05, 0) is 16.7 Å². The van der Waals surface area contributed by atoms with Gasteiger partial charge in [-0.15, -0.1) is 0 Å². The Hall–Kier alpha value is -2.17. The lowest BCUT2D eigenvalue weighted by atomic mass is 9.84. The van der Waals surface area contributed by atoms with E-state index in [1.807, 2.05) is 91.0 Å². The minimum absolute atomic E-state index is 0.470. The van der Waals surface area contributed by atoms with Crippen LogP contribution >= 0.6 is 11.8 Å². The molecule has 1 N–H and O–H groups in total. The van der Waals surface area contributed by atoms with E-state index in [0.29, 0.717) is 11.8 Å². The van der Waals surface area contributed by atoms with Crippen molar-refractivity contribution in [1.29, 1.82) is 0 Å². The zero-order chi connectivity index (χ0) is 17.8. The first-order valence-electron chi connectivity index (χ1n) is 7.94. The highest BCUT2D eigenvalue weighted by Gasteiger charge is 2.46. The fourth-order valence-corrected chi connectivity index (χ4v) is 4.23. The van der Waals surface area contributed by atoms with Gasteiger partial charge in [-0.25, -0.2) is 0 Å². The molecule has 0 aliphatic rings. The molecule has 0 aliphatic carbocycles. The van der Waals surface area contributed by atoms with E-state index in [2.05, 4.69) is 0 Å². The maximum absolute atomic E-state index is 14.4. The fourth-order valence-electron chi connectivity index (χ4n) is 2.95. The van der Waals surface area contributed by atoms with E-state index in [0.717, 1.165) is 16.7 Å². The molecule has 0 saturated heterocycles. The summed E-state index contributed by atoms with van der Waals surface area (Å²) in [6.45, 7) is -1.22. The van der Waals surface area contributed by atoms with E-state index < -0.39 is 16.6 Å². The van der Waals surface area contributed by atoms with Crippen molar-refractivity contribution in [2.24, 2.45) is 0 Å². The van der Waals surface area contributed by atoms with Crippen molar-refractivity contribution >= 4 is 11.8 Å². The van der Waals surface area contributed by atoms with Crippen molar-refractivity contribution in [3.8, 4) is 0 Å².